The quantitative estimate of drug-likeness (QED) is 0.293. The van der Waals surface area contributed by atoms with E-state index in [4.69, 9.17) is 9.73 Å². The number of aliphatic imine (C=N–C) groups is 1. The molecule has 0 radical (unpaired) electrons. The molecule has 0 aromatic rings. The molecule has 1 atom stereocenters. The van der Waals surface area contributed by atoms with Crippen LogP contribution in [-0.4, -0.2) is 63.3 Å². The third-order valence-corrected chi connectivity index (χ3v) is 4.73. The second kappa shape index (κ2) is 15.0. The van der Waals surface area contributed by atoms with Gasteiger partial charge in [-0.15, -0.1) is 24.0 Å². The number of ether oxygens (including phenoxy) is 1. The molecule has 0 saturated carbocycles. The van der Waals surface area contributed by atoms with Crippen LogP contribution in [0.4, 0.5) is 0 Å². The van der Waals surface area contributed by atoms with Gasteiger partial charge in [0.05, 0.1) is 6.61 Å². The highest BCUT2D eigenvalue weighted by atomic mass is 127. The number of guanidine groups is 1. The number of rotatable bonds is 10. The Balaban J connectivity index is 0.00000576. The Bertz CT molecular complexity index is 344. The Kier molecular flexibility index (Phi) is 15.0. The molecule has 2 N–H and O–H groups in total. The highest BCUT2D eigenvalue weighted by Gasteiger charge is 2.18. The largest absolute Gasteiger partial charge is 0.383 e. The number of halogens is 1. The topological polar surface area (TPSA) is 48.9 Å². The summed E-state index contributed by atoms with van der Waals surface area (Å²) in [6.45, 7) is 15.1. The van der Waals surface area contributed by atoms with Crippen molar-refractivity contribution in [1.29, 1.82) is 0 Å². The lowest BCUT2D eigenvalue weighted by Crippen LogP contribution is -2.43. The van der Waals surface area contributed by atoms with E-state index >= 15 is 0 Å². The first-order chi connectivity index (χ1) is 11.5. The minimum Gasteiger partial charge on any atom is -0.383 e. The Morgan fingerprint density at radius 3 is 2.44 bits per heavy atom. The van der Waals surface area contributed by atoms with Gasteiger partial charge in [0, 0.05) is 32.8 Å². The Morgan fingerprint density at radius 1 is 1.20 bits per heavy atom. The minimum atomic E-state index is 0. The van der Waals surface area contributed by atoms with Crippen molar-refractivity contribution < 1.29 is 4.74 Å². The van der Waals surface area contributed by atoms with Crippen LogP contribution in [0.1, 0.15) is 53.4 Å². The van der Waals surface area contributed by atoms with Crippen molar-refractivity contribution >= 4 is 29.9 Å². The average Bonchev–Trinajstić information content (AvgIpc) is 2.57. The van der Waals surface area contributed by atoms with Crippen LogP contribution >= 0.6 is 24.0 Å². The fourth-order valence-corrected chi connectivity index (χ4v) is 3.04. The number of likely N-dealkylation sites (tertiary alicyclic amines) is 1. The molecule has 0 aromatic carbocycles. The zero-order valence-corrected chi connectivity index (χ0v) is 19.3. The van der Waals surface area contributed by atoms with Crippen LogP contribution in [0.3, 0.4) is 0 Å². The van der Waals surface area contributed by atoms with E-state index in [1.54, 1.807) is 7.11 Å². The molecule has 1 aliphatic rings. The molecule has 0 spiro atoms. The SMILES string of the molecule is CCNC(=NCC1CCN(CCOC)CC1)NC(C)CCC(C)C.I. The predicted octanol–water partition coefficient (Wildman–Crippen LogP) is 3.34. The second-order valence-electron chi connectivity index (χ2n) is 7.51. The molecule has 150 valence electrons. The molecule has 1 fully saturated rings. The normalized spacial score (nSPS) is 18.1. The van der Waals surface area contributed by atoms with E-state index in [2.05, 4.69) is 43.2 Å². The summed E-state index contributed by atoms with van der Waals surface area (Å²) in [5, 5.41) is 6.95. The van der Waals surface area contributed by atoms with Gasteiger partial charge in [0.15, 0.2) is 5.96 Å². The first-order valence-corrected chi connectivity index (χ1v) is 9.81. The van der Waals surface area contributed by atoms with Gasteiger partial charge >= 0.3 is 0 Å². The van der Waals surface area contributed by atoms with E-state index in [9.17, 15) is 0 Å². The van der Waals surface area contributed by atoms with Crippen molar-refractivity contribution in [1.82, 2.24) is 15.5 Å². The lowest BCUT2D eigenvalue weighted by Gasteiger charge is -2.31. The maximum atomic E-state index is 5.17. The van der Waals surface area contributed by atoms with Gasteiger partial charge < -0.3 is 20.3 Å². The first-order valence-electron chi connectivity index (χ1n) is 9.81. The van der Waals surface area contributed by atoms with Crippen molar-refractivity contribution in [2.45, 2.75) is 59.4 Å². The highest BCUT2D eigenvalue weighted by molar-refractivity contribution is 14.0. The van der Waals surface area contributed by atoms with Crippen LogP contribution < -0.4 is 10.6 Å². The summed E-state index contributed by atoms with van der Waals surface area (Å²) < 4.78 is 5.17. The highest BCUT2D eigenvalue weighted by Crippen LogP contribution is 2.17. The van der Waals surface area contributed by atoms with Crippen LogP contribution in [0.2, 0.25) is 0 Å². The van der Waals surface area contributed by atoms with E-state index in [0.717, 1.165) is 38.1 Å². The maximum absolute atomic E-state index is 5.17. The van der Waals surface area contributed by atoms with Gasteiger partial charge in [0.2, 0.25) is 0 Å². The summed E-state index contributed by atoms with van der Waals surface area (Å²) in [6, 6.07) is 0.473. The summed E-state index contributed by atoms with van der Waals surface area (Å²) in [5.74, 6) is 2.46. The molecule has 0 aromatic heterocycles. The number of hydrogen-bond donors (Lipinski definition) is 2. The smallest absolute Gasteiger partial charge is 0.191 e. The van der Waals surface area contributed by atoms with Gasteiger partial charge in [0.1, 0.15) is 0 Å². The molecule has 25 heavy (non-hydrogen) atoms. The molecule has 1 aliphatic heterocycles. The molecular weight excluding hydrogens is 427 g/mol. The molecule has 1 heterocycles. The standard InChI is InChI=1S/C19H40N4O.HI/c1-6-20-19(22-17(4)8-7-16(2)3)21-15-18-9-11-23(12-10-18)13-14-24-5;/h16-18H,6-15H2,1-5H3,(H2,20,21,22);1H. The van der Waals surface area contributed by atoms with Crippen LogP contribution in [-0.2, 0) is 4.74 Å². The first kappa shape index (κ1) is 24.9. The average molecular weight is 468 g/mol. The molecule has 1 saturated heterocycles. The number of hydrogen-bond acceptors (Lipinski definition) is 3. The third-order valence-electron chi connectivity index (χ3n) is 4.73. The van der Waals surface area contributed by atoms with Gasteiger partial charge in [-0.05, 0) is 64.5 Å². The Hall–Kier alpha value is -0.0800. The van der Waals surface area contributed by atoms with Gasteiger partial charge in [0.25, 0.3) is 0 Å². The van der Waals surface area contributed by atoms with Gasteiger partial charge in [-0.1, -0.05) is 13.8 Å². The maximum Gasteiger partial charge on any atom is 0.191 e. The van der Waals surface area contributed by atoms with E-state index in [-0.39, 0.29) is 24.0 Å². The van der Waals surface area contributed by atoms with Crippen LogP contribution in [0.5, 0.6) is 0 Å². The fraction of sp³-hybridized carbons (Fsp3) is 0.947. The molecule has 6 heteroatoms. The number of piperidine rings is 1. The van der Waals surface area contributed by atoms with E-state index < -0.39 is 0 Å². The number of methoxy groups -OCH3 is 1. The van der Waals surface area contributed by atoms with Crippen LogP contribution in [0, 0.1) is 11.8 Å². The van der Waals surface area contributed by atoms with Gasteiger partial charge in [-0.25, -0.2) is 0 Å². The van der Waals surface area contributed by atoms with E-state index in [0.29, 0.717) is 12.0 Å². The molecule has 1 unspecified atom stereocenters. The van der Waals surface area contributed by atoms with Crippen molar-refractivity contribution in [3.8, 4) is 0 Å². The number of nitrogens with one attached hydrogen (secondary N) is 2. The minimum absolute atomic E-state index is 0. The monoisotopic (exact) mass is 468 g/mol. The summed E-state index contributed by atoms with van der Waals surface area (Å²) in [6.07, 6.45) is 4.94. The predicted molar refractivity (Wildman–Crippen MR) is 119 cm³/mol. The molecule has 0 bridgehead atoms. The Labute approximate surface area is 172 Å². The van der Waals surface area contributed by atoms with E-state index in [1.807, 2.05) is 0 Å². The Morgan fingerprint density at radius 2 is 1.88 bits per heavy atom. The summed E-state index contributed by atoms with van der Waals surface area (Å²) in [7, 11) is 1.78. The molecule has 0 aliphatic carbocycles. The summed E-state index contributed by atoms with van der Waals surface area (Å²) in [4.78, 5) is 7.34. The van der Waals surface area contributed by atoms with Crippen LogP contribution in [0.25, 0.3) is 0 Å². The molecular formula is C19H41IN4O. The van der Waals surface area contributed by atoms with Gasteiger partial charge in [-0.3, -0.25) is 4.99 Å². The third kappa shape index (κ3) is 12.0. The van der Waals surface area contributed by atoms with Crippen molar-refractivity contribution in [2.24, 2.45) is 16.8 Å². The fourth-order valence-electron chi connectivity index (χ4n) is 3.04. The molecule has 5 nitrogen and oxygen atoms in total. The van der Waals surface area contributed by atoms with Crippen molar-refractivity contribution in [2.75, 3.05) is 46.4 Å². The summed E-state index contributed by atoms with van der Waals surface area (Å²) >= 11 is 0. The lowest BCUT2D eigenvalue weighted by molar-refractivity contribution is 0.121. The number of nitrogens with zero attached hydrogens (tertiary/aromatic N) is 2. The van der Waals surface area contributed by atoms with Gasteiger partial charge in [-0.2, -0.15) is 0 Å². The zero-order valence-electron chi connectivity index (χ0n) is 17.0. The van der Waals surface area contributed by atoms with Crippen LogP contribution in [0.15, 0.2) is 4.99 Å². The lowest BCUT2D eigenvalue weighted by atomic mass is 9.97. The molecule has 1 rings (SSSR count). The zero-order chi connectivity index (χ0) is 17.8. The van der Waals surface area contributed by atoms with Crippen molar-refractivity contribution in [3.05, 3.63) is 0 Å². The van der Waals surface area contributed by atoms with E-state index in [1.165, 1.54) is 38.8 Å². The van der Waals surface area contributed by atoms with Crippen molar-refractivity contribution in [3.63, 3.8) is 0 Å². The second-order valence-corrected chi connectivity index (χ2v) is 7.51. The summed E-state index contributed by atoms with van der Waals surface area (Å²) in [5.41, 5.74) is 0. The molecule has 0 amide bonds.